The molecule has 0 bridgehead atoms. The molecule has 158 valence electrons. The molecule has 4 aromatic carbocycles. The molecule has 0 unspecified atom stereocenters. The van der Waals surface area contributed by atoms with Crippen LogP contribution in [0.1, 0.15) is 0 Å². The first kappa shape index (κ1) is 24.1. The molecule has 0 aliphatic rings. The molecule has 1 nitrogen and oxygen atoms in total. The second-order valence-electron chi connectivity index (χ2n) is 6.43. The predicted molar refractivity (Wildman–Crippen MR) is 135 cm³/mol. The molecule has 1 heterocycles. The predicted octanol–water partition coefficient (Wildman–Crippen LogP) is 6.30. The largest absolute Gasteiger partial charge is 1.00 e. The zero-order valence-corrected chi connectivity index (χ0v) is 21.7. The summed E-state index contributed by atoms with van der Waals surface area (Å²) in [6.45, 7) is 0. The maximum absolute atomic E-state index is 5.76. The number of hydrogen-bond acceptors (Lipinski definition) is 3. The molecule has 6 heteroatoms. The molecular weight excluding hydrogens is 642 g/mol. The van der Waals surface area contributed by atoms with Gasteiger partial charge in [0.05, 0.1) is 5.52 Å². The van der Waals surface area contributed by atoms with E-state index in [1.54, 1.807) is 0 Å². The van der Waals surface area contributed by atoms with Gasteiger partial charge in [0.25, 0.3) is 0 Å². The van der Waals surface area contributed by atoms with Gasteiger partial charge in [-0.15, -0.1) is 0 Å². The van der Waals surface area contributed by atoms with E-state index in [2.05, 4.69) is 96.0 Å². The van der Waals surface area contributed by atoms with Crippen molar-refractivity contribution < 1.29 is 22.4 Å². The van der Waals surface area contributed by atoms with Gasteiger partial charge in [-0.3, -0.25) is 4.98 Å². The van der Waals surface area contributed by atoms with Crippen LogP contribution in [0.4, 0.5) is 0 Å². The summed E-state index contributed by atoms with van der Waals surface area (Å²) in [7, 11) is -0.446. The molecular formula is C25H18AuClNPS2. The molecule has 5 rings (SSSR count). The Hall–Kier alpha value is -1.55. The van der Waals surface area contributed by atoms with Crippen molar-refractivity contribution in [1.82, 2.24) is 4.98 Å². The number of aromatic nitrogens is 1. The summed E-state index contributed by atoms with van der Waals surface area (Å²) in [5.41, 5.74) is 0.896. The van der Waals surface area contributed by atoms with Crippen molar-refractivity contribution in [2.24, 2.45) is 0 Å². The zero-order chi connectivity index (χ0) is 20.8. The molecule has 1 aromatic heterocycles. The van der Waals surface area contributed by atoms with E-state index in [1.165, 1.54) is 27.3 Å². The summed E-state index contributed by atoms with van der Waals surface area (Å²) in [5, 5.41) is 4.90. The van der Waals surface area contributed by atoms with Gasteiger partial charge in [0.15, 0.2) is 0 Å². The van der Waals surface area contributed by atoms with Crippen molar-refractivity contribution in [3.63, 3.8) is 0 Å². The van der Waals surface area contributed by atoms with Crippen molar-refractivity contribution in [3.05, 3.63) is 114 Å². The SMILES string of the molecule is [Au+].[S-]c1nc2cc(Cl)ccc2s1.c1ccc(P(c2ccccc2)c2ccccc2)cc1. The molecule has 0 aliphatic carbocycles. The van der Waals surface area contributed by atoms with Gasteiger partial charge in [0.1, 0.15) is 0 Å². The van der Waals surface area contributed by atoms with Gasteiger partial charge in [-0.05, 0) is 45.0 Å². The van der Waals surface area contributed by atoms with E-state index in [-0.39, 0.29) is 22.4 Å². The van der Waals surface area contributed by atoms with Crippen LogP contribution in [0, 0.1) is 0 Å². The topological polar surface area (TPSA) is 12.9 Å². The number of benzene rings is 4. The van der Waals surface area contributed by atoms with E-state index >= 15 is 0 Å². The fourth-order valence-corrected chi connectivity index (χ4v) is 6.57. The Bertz CT molecular complexity index is 1120. The minimum absolute atomic E-state index is 0. The standard InChI is InChI=1S/C18H15P.C7H4ClNS2.Au/c1-4-10-16(11-5-1)19(17-12-6-2-7-13-17)18-14-8-3-9-15-18;8-4-1-2-6-5(3-4)9-7(10)11-6;/h1-15H;1-3H,(H,9,10);/q;;+1/p-1. The number of rotatable bonds is 3. The molecule has 0 saturated carbocycles. The summed E-state index contributed by atoms with van der Waals surface area (Å²) in [6, 6.07) is 37.9. The average molecular weight is 660 g/mol. The summed E-state index contributed by atoms with van der Waals surface area (Å²) in [4.78, 5) is 4.12. The number of halogens is 1. The van der Waals surface area contributed by atoms with Gasteiger partial charge in [-0.1, -0.05) is 109 Å². The van der Waals surface area contributed by atoms with Crippen LogP contribution in [0.2, 0.25) is 5.02 Å². The summed E-state index contributed by atoms with van der Waals surface area (Å²) in [5.74, 6) is 0. The smallest absolute Gasteiger partial charge is 0.408 e. The molecule has 0 fully saturated rings. The van der Waals surface area contributed by atoms with Crippen LogP contribution in [-0.2, 0) is 35.0 Å². The Morgan fingerprint density at radius 3 is 1.58 bits per heavy atom. The molecule has 0 atom stereocenters. The van der Waals surface area contributed by atoms with Gasteiger partial charge >= 0.3 is 22.4 Å². The van der Waals surface area contributed by atoms with E-state index in [0.29, 0.717) is 9.36 Å². The van der Waals surface area contributed by atoms with E-state index in [4.69, 9.17) is 24.2 Å². The first-order valence-corrected chi connectivity index (χ1v) is 12.3. The molecule has 0 amide bonds. The average Bonchev–Trinajstić information content (AvgIpc) is 3.16. The van der Waals surface area contributed by atoms with Gasteiger partial charge in [0, 0.05) is 5.02 Å². The summed E-state index contributed by atoms with van der Waals surface area (Å²) < 4.78 is 1.77. The first-order valence-electron chi connectivity index (χ1n) is 9.39. The molecule has 31 heavy (non-hydrogen) atoms. The second kappa shape index (κ2) is 11.9. The molecule has 0 radical (unpaired) electrons. The van der Waals surface area contributed by atoms with Crippen molar-refractivity contribution in [2.45, 2.75) is 4.34 Å². The Labute approximate surface area is 214 Å². The summed E-state index contributed by atoms with van der Waals surface area (Å²) >= 11 is 12.2. The monoisotopic (exact) mass is 659 g/mol. The van der Waals surface area contributed by atoms with Crippen LogP contribution in [0.15, 0.2) is 114 Å². The van der Waals surface area contributed by atoms with E-state index in [0.717, 1.165) is 10.2 Å². The van der Waals surface area contributed by atoms with E-state index < -0.39 is 7.92 Å². The van der Waals surface area contributed by atoms with Crippen molar-refractivity contribution in [1.29, 1.82) is 0 Å². The quantitative estimate of drug-likeness (QED) is 0.128. The van der Waals surface area contributed by atoms with E-state index in [1.807, 2.05) is 18.2 Å². The van der Waals surface area contributed by atoms with Gasteiger partial charge in [-0.25, -0.2) is 0 Å². The van der Waals surface area contributed by atoms with E-state index in [9.17, 15) is 0 Å². The maximum Gasteiger partial charge on any atom is 1.00 e. The van der Waals surface area contributed by atoms with Crippen LogP contribution in [0.3, 0.4) is 0 Å². The molecule has 0 spiro atoms. The molecule has 0 N–H and O–H groups in total. The van der Waals surface area contributed by atoms with Crippen LogP contribution >= 0.6 is 30.9 Å². The first-order chi connectivity index (χ1) is 14.7. The number of fused-ring (bicyclic) bond motifs is 1. The van der Waals surface area contributed by atoms with Crippen LogP contribution in [-0.4, -0.2) is 4.98 Å². The van der Waals surface area contributed by atoms with Crippen LogP contribution in [0.25, 0.3) is 10.2 Å². The molecule has 5 aromatic rings. The fourth-order valence-electron chi connectivity index (χ4n) is 3.06. The fraction of sp³-hybridized carbons (Fsp3) is 0. The Kier molecular flexibility index (Phi) is 9.25. The third kappa shape index (κ3) is 6.47. The maximum atomic E-state index is 5.76. The van der Waals surface area contributed by atoms with Gasteiger partial charge < -0.3 is 24.0 Å². The molecule has 0 aliphatic heterocycles. The van der Waals surface area contributed by atoms with Crippen LogP contribution < -0.4 is 15.9 Å². The zero-order valence-electron chi connectivity index (χ0n) is 16.3. The van der Waals surface area contributed by atoms with Gasteiger partial charge in [0.2, 0.25) is 0 Å². The van der Waals surface area contributed by atoms with Crippen molar-refractivity contribution in [2.75, 3.05) is 0 Å². The second-order valence-corrected chi connectivity index (χ2v) is 10.8. The number of nitrogens with zero attached hydrogens (tertiary/aromatic N) is 1. The number of hydrogen-bond donors (Lipinski definition) is 0. The minimum atomic E-state index is -0.446. The van der Waals surface area contributed by atoms with Crippen LogP contribution in [0.5, 0.6) is 0 Å². The van der Waals surface area contributed by atoms with Crippen molar-refractivity contribution in [3.8, 4) is 0 Å². The third-order valence-corrected chi connectivity index (χ3v) is 8.22. The Balaban J connectivity index is 0.000000194. The number of thiazole rings is 1. The van der Waals surface area contributed by atoms with Crippen molar-refractivity contribution >= 4 is 69.6 Å². The third-order valence-electron chi connectivity index (χ3n) is 4.37. The Morgan fingerprint density at radius 1 is 0.677 bits per heavy atom. The normalized spacial score (nSPS) is 10.3. The molecule has 0 saturated heterocycles. The van der Waals surface area contributed by atoms with Gasteiger partial charge in [-0.2, -0.15) is 0 Å². The minimum Gasteiger partial charge on any atom is -0.408 e. The Morgan fingerprint density at radius 2 is 1.13 bits per heavy atom. The summed E-state index contributed by atoms with van der Waals surface area (Å²) in [6.07, 6.45) is 0.